The molecule has 4 nitrogen and oxygen atoms in total. The van der Waals surface area contributed by atoms with Crippen LogP contribution in [0.15, 0.2) is 15.9 Å². The number of hydrogen-bond donors (Lipinski definition) is 1. The van der Waals surface area contributed by atoms with Crippen LogP contribution in [0.1, 0.15) is 16.1 Å². The first-order valence-electron chi connectivity index (χ1n) is 4.92. The van der Waals surface area contributed by atoms with Gasteiger partial charge in [-0.15, -0.1) is 11.3 Å². The van der Waals surface area contributed by atoms with Gasteiger partial charge in [-0.3, -0.25) is 9.59 Å². The highest BCUT2D eigenvalue weighted by atomic mass is 79.9. The molecule has 1 saturated heterocycles. The Hall–Kier alpha value is -0.880. The maximum Gasteiger partial charge on any atom is 0.263 e. The summed E-state index contributed by atoms with van der Waals surface area (Å²) in [6, 6.07) is 3.63. The van der Waals surface area contributed by atoms with Gasteiger partial charge < -0.3 is 10.6 Å². The van der Waals surface area contributed by atoms with Crippen LogP contribution < -0.4 is 5.73 Å². The number of nitrogens with two attached hydrogens (primary N) is 1. The topological polar surface area (TPSA) is 63.4 Å². The zero-order valence-electron chi connectivity index (χ0n) is 8.48. The van der Waals surface area contributed by atoms with Crippen LogP contribution in [0.25, 0.3) is 0 Å². The second-order valence-electron chi connectivity index (χ2n) is 3.74. The lowest BCUT2D eigenvalue weighted by atomic mass is 10.1. The fourth-order valence-corrected chi connectivity index (χ4v) is 3.12. The Morgan fingerprint density at radius 2 is 2.25 bits per heavy atom. The molecule has 16 heavy (non-hydrogen) atoms. The van der Waals surface area contributed by atoms with Gasteiger partial charge in [0.1, 0.15) is 0 Å². The summed E-state index contributed by atoms with van der Waals surface area (Å²) in [4.78, 5) is 25.4. The fourth-order valence-electron chi connectivity index (χ4n) is 1.76. The molecule has 0 unspecified atom stereocenters. The molecular formula is C10H11BrN2O2S. The Labute approximate surface area is 106 Å². The van der Waals surface area contributed by atoms with Gasteiger partial charge in [0.2, 0.25) is 5.91 Å². The number of hydrogen-bond acceptors (Lipinski definition) is 3. The van der Waals surface area contributed by atoms with Crippen LogP contribution in [0, 0.1) is 5.92 Å². The van der Waals surface area contributed by atoms with Gasteiger partial charge in [0.25, 0.3) is 5.91 Å². The summed E-state index contributed by atoms with van der Waals surface area (Å²) < 4.78 is 0.932. The normalized spacial score (nSPS) is 20.1. The van der Waals surface area contributed by atoms with Crippen molar-refractivity contribution in [3.8, 4) is 0 Å². The number of thiophene rings is 1. The number of nitrogens with zero attached hydrogens (tertiary/aromatic N) is 1. The van der Waals surface area contributed by atoms with E-state index in [1.807, 2.05) is 6.07 Å². The average molecular weight is 303 g/mol. The third kappa shape index (κ3) is 2.27. The number of likely N-dealkylation sites (tertiary alicyclic amines) is 1. The third-order valence-electron chi connectivity index (χ3n) is 2.66. The molecule has 1 atom stereocenters. The number of primary amides is 1. The highest BCUT2D eigenvalue weighted by Gasteiger charge is 2.30. The van der Waals surface area contributed by atoms with Crippen molar-refractivity contribution in [3.05, 3.63) is 20.8 Å². The van der Waals surface area contributed by atoms with E-state index in [0.717, 1.165) is 3.79 Å². The van der Waals surface area contributed by atoms with Gasteiger partial charge in [0.15, 0.2) is 0 Å². The summed E-state index contributed by atoms with van der Waals surface area (Å²) in [7, 11) is 0. The zero-order chi connectivity index (χ0) is 11.7. The molecule has 0 spiro atoms. The van der Waals surface area contributed by atoms with Gasteiger partial charge in [-0.25, -0.2) is 0 Å². The van der Waals surface area contributed by atoms with E-state index in [2.05, 4.69) is 15.9 Å². The minimum Gasteiger partial charge on any atom is -0.369 e. The summed E-state index contributed by atoms with van der Waals surface area (Å²) in [5.41, 5.74) is 5.22. The van der Waals surface area contributed by atoms with Crippen LogP contribution >= 0.6 is 27.3 Å². The Morgan fingerprint density at radius 1 is 1.50 bits per heavy atom. The monoisotopic (exact) mass is 302 g/mol. The molecule has 2 amide bonds. The first-order valence-corrected chi connectivity index (χ1v) is 6.53. The summed E-state index contributed by atoms with van der Waals surface area (Å²) >= 11 is 4.72. The molecule has 2 N–H and O–H groups in total. The second-order valence-corrected chi connectivity index (χ2v) is 6.21. The Kier molecular flexibility index (Phi) is 3.30. The molecule has 1 aromatic rings. The lowest BCUT2D eigenvalue weighted by Gasteiger charge is -2.14. The van der Waals surface area contributed by atoms with Crippen LogP contribution in [-0.2, 0) is 4.79 Å². The van der Waals surface area contributed by atoms with Crippen molar-refractivity contribution in [2.45, 2.75) is 6.42 Å². The van der Waals surface area contributed by atoms with Gasteiger partial charge in [-0.05, 0) is 34.5 Å². The molecule has 0 aromatic carbocycles. The highest BCUT2D eigenvalue weighted by molar-refractivity contribution is 9.11. The van der Waals surface area contributed by atoms with Gasteiger partial charge in [0.05, 0.1) is 14.6 Å². The number of amides is 2. The van der Waals surface area contributed by atoms with Crippen molar-refractivity contribution < 1.29 is 9.59 Å². The Bertz CT molecular complexity index is 432. The molecular weight excluding hydrogens is 292 g/mol. The second kappa shape index (κ2) is 4.55. The number of halogens is 1. The quantitative estimate of drug-likeness (QED) is 0.899. The van der Waals surface area contributed by atoms with Crippen molar-refractivity contribution in [1.29, 1.82) is 0 Å². The SMILES string of the molecule is NC(=O)[C@H]1CCN(C(=O)c2ccc(Br)s2)C1. The predicted molar refractivity (Wildman–Crippen MR) is 65.2 cm³/mol. The van der Waals surface area contributed by atoms with Gasteiger partial charge in [-0.1, -0.05) is 0 Å². The summed E-state index contributed by atoms with van der Waals surface area (Å²) in [5, 5.41) is 0. The summed E-state index contributed by atoms with van der Waals surface area (Å²) in [6.45, 7) is 1.06. The molecule has 1 aliphatic heterocycles. The smallest absolute Gasteiger partial charge is 0.263 e. The van der Waals surface area contributed by atoms with Gasteiger partial charge in [-0.2, -0.15) is 0 Å². The standard InChI is InChI=1S/C10H11BrN2O2S/c11-8-2-1-7(16-8)10(15)13-4-3-6(5-13)9(12)14/h1-2,6H,3-5H2,(H2,12,14)/t6-/m0/s1. The third-order valence-corrected chi connectivity index (χ3v) is 4.27. The molecule has 0 radical (unpaired) electrons. The van der Waals surface area contributed by atoms with Crippen LogP contribution in [-0.4, -0.2) is 29.8 Å². The molecule has 2 rings (SSSR count). The molecule has 1 aliphatic rings. The van der Waals surface area contributed by atoms with Crippen LogP contribution in [0.5, 0.6) is 0 Å². The van der Waals surface area contributed by atoms with Crippen LogP contribution in [0.2, 0.25) is 0 Å². The molecule has 1 fully saturated rings. The van der Waals surface area contributed by atoms with Crippen molar-refractivity contribution in [3.63, 3.8) is 0 Å². The molecule has 0 aliphatic carbocycles. The predicted octanol–water partition coefficient (Wildman–Crippen LogP) is 1.46. The largest absolute Gasteiger partial charge is 0.369 e. The van der Waals surface area contributed by atoms with Crippen molar-refractivity contribution in [1.82, 2.24) is 4.90 Å². The number of carbonyl (C=O) groups is 2. The molecule has 1 aromatic heterocycles. The molecule has 0 saturated carbocycles. The fraction of sp³-hybridized carbons (Fsp3) is 0.400. The molecule has 0 bridgehead atoms. The van der Waals surface area contributed by atoms with Gasteiger partial charge >= 0.3 is 0 Å². The van der Waals surface area contributed by atoms with E-state index in [-0.39, 0.29) is 17.7 Å². The maximum absolute atomic E-state index is 12.0. The van der Waals surface area contributed by atoms with E-state index >= 15 is 0 Å². The Morgan fingerprint density at radius 3 is 2.75 bits per heavy atom. The maximum atomic E-state index is 12.0. The van der Waals surface area contributed by atoms with Crippen molar-refractivity contribution >= 4 is 39.1 Å². The molecule has 6 heteroatoms. The van der Waals surface area contributed by atoms with Crippen molar-refractivity contribution in [2.75, 3.05) is 13.1 Å². The van der Waals surface area contributed by atoms with Gasteiger partial charge in [0, 0.05) is 13.1 Å². The molecule has 86 valence electrons. The van der Waals surface area contributed by atoms with E-state index in [4.69, 9.17) is 5.73 Å². The lowest BCUT2D eigenvalue weighted by Crippen LogP contribution is -2.31. The molecule has 2 heterocycles. The van der Waals surface area contributed by atoms with Crippen LogP contribution in [0.4, 0.5) is 0 Å². The lowest BCUT2D eigenvalue weighted by molar-refractivity contribution is -0.121. The summed E-state index contributed by atoms with van der Waals surface area (Å²) in [6.07, 6.45) is 0.674. The van der Waals surface area contributed by atoms with Crippen molar-refractivity contribution in [2.24, 2.45) is 11.7 Å². The van der Waals surface area contributed by atoms with Crippen LogP contribution in [0.3, 0.4) is 0 Å². The minimum atomic E-state index is -0.317. The van der Waals surface area contributed by atoms with E-state index in [9.17, 15) is 9.59 Å². The number of carbonyl (C=O) groups excluding carboxylic acids is 2. The Balaban J connectivity index is 2.05. The summed E-state index contributed by atoms with van der Waals surface area (Å²) in [5.74, 6) is -0.519. The average Bonchev–Trinajstić information content (AvgIpc) is 2.84. The first-order chi connectivity index (χ1) is 7.58. The van der Waals surface area contributed by atoms with E-state index in [0.29, 0.717) is 24.4 Å². The van der Waals surface area contributed by atoms with E-state index < -0.39 is 0 Å². The minimum absolute atomic E-state index is 0.0144. The van der Waals surface area contributed by atoms with E-state index in [1.165, 1.54) is 11.3 Å². The number of rotatable bonds is 2. The first kappa shape index (κ1) is 11.6. The highest BCUT2D eigenvalue weighted by Crippen LogP contribution is 2.25. The zero-order valence-corrected chi connectivity index (χ0v) is 10.9. The van der Waals surface area contributed by atoms with E-state index in [1.54, 1.807) is 11.0 Å².